The van der Waals surface area contributed by atoms with Gasteiger partial charge in [-0.05, 0) is 30.5 Å². The molecule has 27 heavy (non-hydrogen) atoms. The van der Waals surface area contributed by atoms with E-state index in [1.54, 1.807) is 0 Å². The van der Waals surface area contributed by atoms with Gasteiger partial charge in [0.15, 0.2) is 0 Å². The van der Waals surface area contributed by atoms with Gasteiger partial charge in [0.25, 0.3) is 0 Å². The summed E-state index contributed by atoms with van der Waals surface area (Å²) in [5.41, 5.74) is 1.82. The maximum Gasteiger partial charge on any atom is 0.321 e. The number of benzene rings is 2. The zero-order valence-electron chi connectivity index (χ0n) is 15.2. The van der Waals surface area contributed by atoms with Crippen LogP contribution >= 0.6 is 0 Å². The van der Waals surface area contributed by atoms with Gasteiger partial charge >= 0.3 is 6.03 Å². The summed E-state index contributed by atoms with van der Waals surface area (Å²) in [5.74, 6) is 1.72. The molecule has 0 spiro atoms. The number of hydrogen-bond donors (Lipinski definition) is 1. The molecule has 0 unspecified atom stereocenters. The lowest BCUT2D eigenvalue weighted by Crippen LogP contribution is -2.35. The number of nitrogens with one attached hydrogen (secondary N) is 1. The Hall–Kier alpha value is -2.53. The number of nitrogens with zero attached hydrogens (tertiary/aromatic N) is 1. The fraction of sp³-hybridized carbons (Fsp3) is 0.409. The number of anilines is 1. The van der Waals surface area contributed by atoms with E-state index >= 15 is 0 Å². The van der Waals surface area contributed by atoms with Gasteiger partial charge in [-0.1, -0.05) is 42.5 Å². The standard InChI is InChI=1S/C22H24N2O3/c25-22(24-12-16-17(13-24)20-11-10-19(16)27-20)23-18-8-4-5-9-21(18)26-14-15-6-2-1-3-7-15/h1-9,16-17,19-20H,10-14H2,(H,23,25)/t16-,17+,19+,20-. The third-order valence-electron chi connectivity index (χ3n) is 6.11. The monoisotopic (exact) mass is 364 g/mol. The van der Waals surface area contributed by atoms with Crippen LogP contribution < -0.4 is 10.1 Å². The first-order valence-corrected chi connectivity index (χ1v) is 9.75. The molecule has 0 saturated carbocycles. The van der Waals surface area contributed by atoms with Crippen molar-refractivity contribution in [1.82, 2.24) is 4.90 Å². The Morgan fingerprint density at radius 3 is 2.41 bits per heavy atom. The van der Waals surface area contributed by atoms with Gasteiger partial charge in [0.1, 0.15) is 12.4 Å². The van der Waals surface area contributed by atoms with Gasteiger partial charge in [0.05, 0.1) is 17.9 Å². The first-order chi connectivity index (χ1) is 13.3. The topological polar surface area (TPSA) is 50.8 Å². The zero-order valence-corrected chi connectivity index (χ0v) is 15.2. The van der Waals surface area contributed by atoms with Crippen molar-refractivity contribution in [2.24, 2.45) is 11.8 Å². The molecule has 5 rings (SSSR count). The highest BCUT2D eigenvalue weighted by atomic mass is 16.5. The fourth-order valence-corrected chi connectivity index (χ4v) is 4.75. The molecule has 0 aliphatic carbocycles. The van der Waals surface area contributed by atoms with Crippen LogP contribution in [0.25, 0.3) is 0 Å². The van der Waals surface area contributed by atoms with Gasteiger partial charge in [0, 0.05) is 24.9 Å². The van der Waals surface area contributed by atoms with Gasteiger partial charge in [-0.2, -0.15) is 0 Å². The molecule has 3 saturated heterocycles. The molecule has 5 heteroatoms. The van der Waals surface area contributed by atoms with E-state index in [2.05, 4.69) is 5.32 Å². The third kappa shape index (κ3) is 3.16. The van der Waals surface area contributed by atoms with Crippen LogP contribution in [0.4, 0.5) is 10.5 Å². The molecule has 0 aromatic heterocycles. The van der Waals surface area contributed by atoms with E-state index in [1.807, 2.05) is 59.5 Å². The average molecular weight is 364 g/mol. The summed E-state index contributed by atoms with van der Waals surface area (Å²) >= 11 is 0. The molecule has 3 fully saturated rings. The van der Waals surface area contributed by atoms with Crippen LogP contribution in [0.2, 0.25) is 0 Å². The molecule has 2 aromatic carbocycles. The van der Waals surface area contributed by atoms with Gasteiger partial charge in [0.2, 0.25) is 0 Å². The molecule has 1 N–H and O–H groups in total. The molecule has 2 aromatic rings. The van der Waals surface area contributed by atoms with Crippen LogP contribution in [0.5, 0.6) is 5.75 Å². The summed E-state index contributed by atoms with van der Waals surface area (Å²) in [6, 6.07) is 17.6. The van der Waals surface area contributed by atoms with Crippen LogP contribution in [-0.4, -0.2) is 36.2 Å². The lowest BCUT2D eigenvalue weighted by atomic mass is 9.82. The van der Waals surface area contributed by atoms with Crippen molar-refractivity contribution < 1.29 is 14.3 Å². The van der Waals surface area contributed by atoms with Crippen molar-refractivity contribution in [2.45, 2.75) is 31.7 Å². The minimum atomic E-state index is -0.0421. The van der Waals surface area contributed by atoms with E-state index in [0.717, 1.165) is 37.2 Å². The van der Waals surface area contributed by atoms with Crippen molar-refractivity contribution in [2.75, 3.05) is 18.4 Å². The van der Waals surface area contributed by atoms with E-state index in [1.165, 1.54) is 0 Å². The first kappa shape index (κ1) is 16.6. The summed E-state index contributed by atoms with van der Waals surface area (Å²) in [6.45, 7) is 2.07. The Morgan fingerprint density at radius 2 is 1.67 bits per heavy atom. The quantitative estimate of drug-likeness (QED) is 0.895. The van der Waals surface area contributed by atoms with Crippen LogP contribution in [0, 0.1) is 11.8 Å². The van der Waals surface area contributed by atoms with E-state index in [-0.39, 0.29) is 6.03 Å². The second-order valence-electron chi connectivity index (χ2n) is 7.72. The number of urea groups is 1. The Kier molecular flexibility index (Phi) is 4.24. The second-order valence-corrected chi connectivity index (χ2v) is 7.72. The highest BCUT2D eigenvalue weighted by Gasteiger charge is 2.53. The van der Waals surface area contributed by atoms with Crippen LogP contribution in [0.15, 0.2) is 54.6 Å². The van der Waals surface area contributed by atoms with E-state index in [0.29, 0.717) is 36.4 Å². The summed E-state index contributed by atoms with van der Waals surface area (Å²) < 4.78 is 12.0. The van der Waals surface area contributed by atoms with Crippen LogP contribution in [0.1, 0.15) is 18.4 Å². The van der Waals surface area contributed by atoms with Crippen molar-refractivity contribution in [1.29, 1.82) is 0 Å². The Morgan fingerprint density at radius 1 is 1.00 bits per heavy atom. The normalized spacial score (nSPS) is 28.2. The number of carbonyl (C=O) groups is 1. The molecule has 3 heterocycles. The number of fused-ring (bicyclic) bond motifs is 5. The minimum absolute atomic E-state index is 0.0421. The molecule has 2 bridgehead atoms. The van der Waals surface area contributed by atoms with Gasteiger partial charge in [-0.25, -0.2) is 4.79 Å². The molecular formula is C22H24N2O3. The minimum Gasteiger partial charge on any atom is -0.487 e. The second kappa shape index (κ2) is 6.89. The number of likely N-dealkylation sites (tertiary alicyclic amines) is 1. The van der Waals surface area contributed by atoms with E-state index in [9.17, 15) is 4.79 Å². The molecule has 3 aliphatic heterocycles. The number of hydrogen-bond acceptors (Lipinski definition) is 3. The number of carbonyl (C=O) groups excluding carboxylic acids is 1. The smallest absolute Gasteiger partial charge is 0.321 e. The Bertz CT molecular complexity index is 807. The average Bonchev–Trinajstić information content (AvgIpc) is 3.41. The summed E-state index contributed by atoms with van der Waals surface area (Å²) in [5, 5.41) is 3.05. The largest absolute Gasteiger partial charge is 0.487 e. The maximum absolute atomic E-state index is 12.8. The first-order valence-electron chi connectivity index (χ1n) is 9.75. The number of amides is 2. The molecule has 140 valence electrons. The molecule has 0 radical (unpaired) electrons. The molecule has 3 aliphatic rings. The van der Waals surface area contributed by atoms with Crippen LogP contribution in [-0.2, 0) is 11.3 Å². The highest BCUT2D eigenvalue weighted by Crippen LogP contribution is 2.47. The van der Waals surface area contributed by atoms with E-state index < -0.39 is 0 Å². The molecule has 2 amide bonds. The lowest BCUT2D eigenvalue weighted by Gasteiger charge is -2.20. The van der Waals surface area contributed by atoms with Crippen molar-refractivity contribution in [3.8, 4) is 5.75 Å². The Labute approximate surface area is 159 Å². The zero-order chi connectivity index (χ0) is 18.2. The number of ether oxygens (including phenoxy) is 2. The van der Waals surface area contributed by atoms with Crippen LogP contribution in [0.3, 0.4) is 0 Å². The number of rotatable bonds is 4. The summed E-state index contributed by atoms with van der Waals surface area (Å²) in [6.07, 6.45) is 3.02. The van der Waals surface area contributed by atoms with Crippen molar-refractivity contribution in [3.05, 3.63) is 60.2 Å². The summed E-state index contributed by atoms with van der Waals surface area (Å²) in [7, 11) is 0. The van der Waals surface area contributed by atoms with E-state index in [4.69, 9.17) is 9.47 Å². The van der Waals surface area contributed by atoms with Crippen molar-refractivity contribution >= 4 is 11.7 Å². The Balaban J connectivity index is 1.24. The van der Waals surface area contributed by atoms with Crippen molar-refractivity contribution in [3.63, 3.8) is 0 Å². The lowest BCUT2D eigenvalue weighted by molar-refractivity contribution is 0.0746. The SMILES string of the molecule is O=C(Nc1ccccc1OCc1ccccc1)N1C[C@@H]2[C@H](C1)[C@H]1CC[C@@H]2O1. The van der Waals surface area contributed by atoms with Gasteiger partial charge < -0.3 is 19.7 Å². The highest BCUT2D eigenvalue weighted by molar-refractivity contribution is 5.91. The predicted molar refractivity (Wildman–Crippen MR) is 103 cm³/mol. The molecular weight excluding hydrogens is 340 g/mol. The fourth-order valence-electron chi connectivity index (χ4n) is 4.75. The molecule has 4 atom stereocenters. The predicted octanol–water partition coefficient (Wildman–Crippen LogP) is 3.91. The van der Waals surface area contributed by atoms with Gasteiger partial charge in [-0.15, -0.1) is 0 Å². The summed E-state index contributed by atoms with van der Waals surface area (Å²) in [4.78, 5) is 14.8. The molecule has 5 nitrogen and oxygen atoms in total. The maximum atomic E-state index is 12.8. The van der Waals surface area contributed by atoms with Gasteiger partial charge in [-0.3, -0.25) is 0 Å². The number of para-hydroxylation sites is 2. The third-order valence-corrected chi connectivity index (χ3v) is 6.11.